The van der Waals surface area contributed by atoms with Crippen molar-refractivity contribution in [3.63, 3.8) is 0 Å². The maximum atomic E-state index is 10.5. The number of hydrogen-bond acceptors (Lipinski definition) is 2. The molecule has 0 aliphatic carbocycles. The van der Waals surface area contributed by atoms with Crippen molar-refractivity contribution < 1.29 is 4.79 Å². The van der Waals surface area contributed by atoms with Crippen molar-refractivity contribution in [1.29, 1.82) is 5.26 Å². The third-order valence-corrected chi connectivity index (χ3v) is 2.36. The normalized spacial score (nSPS) is 9.08. The maximum absolute atomic E-state index is 10.5. The number of hydrogen-bond donors (Lipinski definition) is 0. The van der Waals surface area contributed by atoms with E-state index in [1.165, 1.54) is 0 Å². The second-order valence-electron chi connectivity index (χ2n) is 2.09. The van der Waals surface area contributed by atoms with Crippen molar-refractivity contribution in [3.8, 4) is 6.07 Å². The lowest BCUT2D eigenvalue weighted by atomic mass is 10.1. The summed E-state index contributed by atoms with van der Waals surface area (Å²) in [5, 5.41) is 8.84. The molecule has 0 bridgehead atoms. The zero-order valence-electron chi connectivity index (χ0n) is 5.84. The van der Waals surface area contributed by atoms with Gasteiger partial charge in [-0.3, -0.25) is 4.79 Å². The Balaban J connectivity index is 3.44. The molecule has 1 rings (SSSR count). The van der Waals surface area contributed by atoms with Crippen molar-refractivity contribution in [2.45, 2.75) is 0 Å². The summed E-state index contributed by atoms with van der Waals surface area (Å²) in [5.74, 6) is 0. The molecule has 0 saturated carbocycles. The van der Waals surface area contributed by atoms with Crippen molar-refractivity contribution in [1.82, 2.24) is 0 Å². The molecule has 0 N–H and O–H groups in total. The third-order valence-electron chi connectivity index (χ3n) is 1.31. The van der Waals surface area contributed by atoms with Gasteiger partial charge in [0.25, 0.3) is 0 Å². The van der Waals surface area contributed by atoms with Gasteiger partial charge in [-0.05, 0) is 34.7 Å². The number of rotatable bonds is 1. The average molecular weight is 291 g/mol. The fourth-order valence-electron chi connectivity index (χ4n) is 0.777. The molecule has 0 fully saturated rings. The summed E-state index contributed by atoms with van der Waals surface area (Å²) >= 11 is 7.75. The molecule has 0 spiro atoms. The van der Waals surface area contributed by atoms with Crippen LogP contribution in [0.5, 0.6) is 0 Å². The lowest BCUT2D eigenvalue weighted by Gasteiger charge is -1.98. The molecule has 0 aliphatic heterocycles. The number of halogens is 2. The van der Waals surface area contributed by atoms with Gasteiger partial charge in [0.2, 0.25) is 0 Å². The molecule has 0 radical (unpaired) electrons. The summed E-state index contributed by atoms with van der Waals surface area (Å²) in [6.45, 7) is 0. The van der Waals surface area contributed by atoms with Gasteiger partial charge in [0.05, 0.1) is 10.6 Å². The largest absolute Gasteiger partial charge is 0.298 e. The van der Waals surface area contributed by atoms with Crippen LogP contribution in [0.15, 0.2) is 12.1 Å². The van der Waals surface area contributed by atoms with Gasteiger partial charge in [-0.15, -0.1) is 0 Å². The molecule has 0 amide bonds. The van der Waals surface area contributed by atoms with Crippen LogP contribution in [0, 0.1) is 14.9 Å². The summed E-state index contributed by atoms with van der Waals surface area (Å²) < 4.78 is 0.829. The van der Waals surface area contributed by atoms with Crippen LogP contribution in [0.2, 0.25) is 5.02 Å². The Morgan fingerprint density at radius 1 is 1.58 bits per heavy atom. The molecule has 0 heterocycles. The van der Waals surface area contributed by atoms with Crippen LogP contribution in [0.3, 0.4) is 0 Å². The van der Waals surface area contributed by atoms with E-state index in [2.05, 4.69) is 0 Å². The van der Waals surface area contributed by atoms with Crippen LogP contribution >= 0.6 is 34.2 Å². The highest BCUT2D eigenvalue weighted by molar-refractivity contribution is 14.1. The molecule has 0 saturated heterocycles. The molecule has 4 heteroatoms. The first-order chi connectivity index (χ1) is 5.69. The predicted octanol–water partition coefficient (Wildman–Crippen LogP) is 2.63. The maximum Gasteiger partial charge on any atom is 0.151 e. The van der Waals surface area contributed by atoms with E-state index in [4.69, 9.17) is 16.9 Å². The summed E-state index contributed by atoms with van der Waals surface area (Å²) in [7, 11) is 0. The Bertz CT molecular complexity index is 370. The fourth-order valence-corrected chi connectivity index (χ4v) is 1.62. The minimum Gasteiger partial charge on any atom is -0.298 e. The molecule has 1 aromatic rings. The molecule has 12 heavy (non-hydrogen) atoms. The van der Waals surface area contributed by atoms with E-state index in [-0.39, 0.29) is 5.02 Å². The van der Waals surface area contributed by atoms with E-state index in [9.17, 15) is 4.79 Å². The molecule has 0 unspecified atom stereocenters. The van der Waals surface area contributed by atoms with Gasteiger partial charge in [0, 0.05) is 9.13 Å². The number of carbonyl (C=O) groups is 1. The second kappa shape index (κ2) is 3.87. The Labute approximate surface area is 88.3 Å². The highest BCUT2D eigenvalue weighted by atomic mass is 127. The highest BCUT2D eigenvalue weighted by Gasteiger charge is 2.06. The van der Waals surface area contributed by atoms with Gasteiger partial charge in [-0.1, -0.05) is 11.6 Å². The minimum atomic E-state index is 0.230. The zero-order chi connectivity index (χ0) is 9.14. The van der Waals surface area contributed by atoms with E-state index in [1.54, 1.807) is 12.1 Å². The number of carbonyl (C=O) groups excluding carboxylic acids is 1. The van der Waals surface area contributed by atoms with E-state index < -0.39 is 0 Å². The van der Waals surface area contributed by atoms with E-state index in [0.29, 0.717) is 17.4 Å². The minimum absolute atomic E-state index is 0.230. The highest BCUT2D eigenvalue weighted by Crippen LogP contribution is 2.22. The molecule has 1 aromatic carbocycles. The summed E-state index contributed by atoms with van der Waals surface area (Å²) in [6.07, 6.45) is 0.644. The molecule has 0 atom stereocenters. The van der Waals surface area contributed by atoms with Crippen molar-refractivity contribution in [2.24, 2.45) is 0 Å². The van der Waals surface area contributed by atoms with Crippen LogP contribution in [0.4, 0.5) is 0 Å². The van der Waals surface area contributed by atoms with Gasteiger partial charge in [0.1, 0.15) is 6.07 Å². The summed E-state index contributed by atoms with van der Waals surface area (Å²) in [4.78, 5) is 10.5. The third kappa shape index (κ3) is 1.76. The molecule has 0 aromatic heterocycles. The van der Waals surface area contributed by atoms with Crippen LogP contribution < -0.4 is 0 Å². The first-order valence-corrected chi connectivity index (χ1v) is 4.49. The summed E-state index contributed by atoms with van der Waals surface area (Å²) in [6, 6.07) is 5.19. The standard InChI is InChI=1S/C8H3ClINO/c9-8-5(3-11)1-7(10)2-6(8)4-12/h1-2,4H. The lowest BCUT2D eigenvalue weighted by Crippen LogP contribution is -1.88. The molecule has 2 nitrogen and oxygen atoms in total. The zero-order valence-corrected chi connectivity index (χ0v) is 8.76. The number of nitriles is 1. The molecular formula is C8H3ClINO. The van der Waals surface area contributed by atoms with Crippen molar-refractivity contribution in [2.75, 3.05) is 0 Å². The van der Waals surface area contributed by atoms with Crippen LogP contribution in [0.25, 0.3) is 0 Å². The van der Waals surface area contributed by atoms with Crippen LogP contribution in [-0.2, 0) is 0 Å². The van der Waals surface area contributed by atoms with Gasteiger partial charge in [0.15, 0.2) is 6.29 Å². The molecule has 60 valence electrons. The average Bonchev–Trinajstić information content (AvgIpc) is 2.08. The predicted molar refractivity (Wildman–Crippen MR) is 54.3 cm³/mol. The monoisotopic (exact) mass is 291 g/mol. The van der Waals surface area contributed by atoms with Crippen LogP contribution in [-0.4, -0.2) is 6.29 Å². The topological polar surface area (TPSA) is 40.9 Å². The van der Waals surface area contributed by atoms with Crippen molar-refractivity contribution >= 4 is 40.5 Å². The Hall–Kier alpha value is -0.600. The summed E-state index contributed by atoms with van der Waals surface area (Å²) in [5.41, 5.74) is 0.700. The van der Waals surface area contributed by atoms with Gasteiger partial charge < -0.3 is 0 Å². The van der Waals surface area contributed by atoms with Crippen LogP contribution in [0.1, 0.15) is 15.9 Å². The van der Waals surface area contributed by atoms with E-state index in [1.807, 2.05) is 28.7 Å². The molecule has 0 aliphatic rings. The Morgan fingerprint density at radius 2 is 2.25 bits per heavy atom. The SMILES string of the molecule is N#Cc1cc(I)cc(C=O)c1Cl. The van der Waals surface area contributed by atoms with E-state index in [0.717, 1.165) is 3.57 Å². The number of aldehydes is 1. The fraction of sp³-hybridized carbons (Fsp3) is 0. The first-order valence-electron chi connectivity index (χ1n) is 3.03. The Kier molecular flexibility index (Phi) is 3.06. The van der Waals surface area contributed by atoms with Gasteiger partial charge in [-0.2, -0.15) is 5.26 Å². The van der Waals surface area contributed by atoms with Gasteiger partial charge >= 0.3 is 0 Å². The van der Waals surface area contributed by atoms with Crippen molar-refractivity contribution in [3.05, 3.63) is 31.9 Å². The smallest absolute Gasteiger partial charge is 0.151 e. The Morgan fingerprint density at radius 3 is 2.75 bits per heavy atom. The first kappa shape index (κ1) is 9.49. The quantitative estimate of drug-likeness (QED) is 0.589. The number of benzene rings is 1. The lowest BCUT2D eigenvalue weighted by molar-refractivity contribution is 0.112. The molecular weight excluding hydrogens is 288 g/mol. The van der Waals surface area contributed by atoms with E-state index >= 15 is 0 Å². The van der Waals surface area contributed by atoms with Gasteiger partial charge in [-0.25, -0.2) is 0 Å². The second-order valence-corrected chi connectivity index (χ2v) is 3.71. The number of nitrogens with zero attached hydrogens (tertiary/aromatic N) is 1.